The number of thioether (sulfide) groups is 1. The Bertz CT molecular complexity index is 307. The highest BCUT2D eigenvalue weighted by Gasteiger charge is 2.00. The van der Waals surface area contributed by atoms with Crippen molar-refractivity contribution in [2.75, 3.05) is 18.1 Å². The van der Waals surface area contributed by atoms with Crippen molar-refractivity contribution in [2.24, 2.45) is 0 Å². The van der Waals surface area contributed by atoms with E-state index in [9.17, 15) is 0 Å². The van der Waals surface area contributed by atoms with Crippen molar-refractivity contribution in [2.45, 2.75) is 24.2 Å². The van der Waals surface area contributed by atoms with E-state index in [2.05, 4.69) is 0 Å². The number of aliphatic hydroxyl groups excluding tert-OH is 1. The van der Waals surface area contributed by atoms with Gasteiger partial charge in [0.1, 0.15) is 0 Å². The zero-order valence-corrected chi connectivity index (χ0v) is 10.2. The maximum atomic E-state index is 8.62. The molecular weight excluding hydrogens is 230 g/mol. The molecule has 0 aromatic heterocycles. The minimum atomic E-state index is 0.282. The number of nitrogens with two attached hydrogens (primary N) is 1. The van der Waals surface area contributed by atoms with Crippen LogP contribution in [0.1, 0.15) is 19.3 Å². The Morgan fingerprint density at radius 3 is 2.80 bits per heavy atom. The Labute approximate surface area is 99.8 Å². The second-order valence-electron chi connectivity index (χ2n) is 3.31. The highest BCUT2D eigenvalue weighted by Crippen LogP contribution is 2.28. The molecular formula is C11H16ClNOS. The van der Waals surface area contributed by atoms with Gasteiger partial charge in [0.2, 0.25) is 0 Å². The molecule has 0 atom stereocenters. The fourth-order valence-electron chi connectivity index (χ4n) is 1.21. The van der Waals surface area contributed by atoms with Crippen molar-refractivity contribution in [3.63, 3.8) is 0 Å². The summed E-state index contributed by atoms with van der Waals surface area (Å²) in [5.74, 6) is 1.02. The molecule has 0 spiro atoms. The molecule has 0 saturated carbocycles. The first-order valence-electron chi connectivity index (χ1n) is 5.02. The SMILES string of the molecule is Nc1ccc(Cl)cc1SCCCCCO. The number of rotatable bonds is 6. The molecule has 0 aliphatic rings. The lowest BCUT2D eigenvalue weighted by Gasteiger charge is -2.05. The van der Waals surface area contributed by atoms with Crippen LogP contribution in [0.5, 0.6) is 0 Å². The van der Waals surface area contributed by atoms with Crippen LogP contribution in [0, 0.1) is 0 Å². The third-order valence-electron chi connectivity index (χ3n) is 2.04. The fourth-order valence-corrected chi connectivity index (χ4v) is 2.46. The number of aliphatic hydroxyl groups is 1. The molecule has 0 saturated heterocycles. The minimum Gasteiger partial charge on any atom is -0.398 e. The maximum absolute atomic E-state index is 8.62. The molecule has 0 bridgehead atoms. The van der Waals surface area contributed by atoms with Gasteiger partial charge in [0.25, 0.3) is 0 Å². The largest absolute Gasteiger partial charge is 0.398 e. The third kappa shape index (κ3) is 4.78. The highest BCUT2D eigenvalue weighted by molar-refractivity contribution is 7.99. The average molecular weight is 246 g/mol. The quantitative estimate of drug-likeness (QED) is 0.460. The Hall–Kier alpha value is -0.380. The molecule has 4 heteroatoms. The van der Waals surface area contributed by atoms with Crippen LogP contribution < -0.4 is 5.73 Å². The summed E-state index contributed by atoms with van der Waals surface area (Å²) in [6.45, 7) is 0.282. The number of benzene rings is 1. The average Bonchev–Trinajstić information content (AvgIpc) is 2.23. The van der Waals surface area contributed by atoms with Gasteiger partial charge < -0.3 is 10.8 Å². The van der Waals surface area contributed by atoms with Crippen LogP contribution in [-0.4, -0.2) is 17.5 Å². The second-order valence-corrected chi connectivity index (χ2v) is 4.89. The summed E-state index contributed by atoms with van der Waals surface area (Å²) < 4.78 is 0. The third-order valence-corrected chi connectivity index (χ3v) is 3.43. The second kappa shape index (κ2) is 6.99. The number of anilines is 1. The van der Waals surface area contributed by atoms with Gasteiger partial charge in [0, 0.05) is 22.2 Å². The van der Waals surface area contributed by atoms with Crippen LogP contribution in [0.4, 0.5) is 5.69 Å². The van der Waals surface area contributed by atoms with E-state index in [1.165, 1.54) is 0 Å². The van der Waals surface area contributed by atoms with Crippen LogP contribution in [-0.2, 0) is 0 Å². The summed E-state index contributed by atoms with van der Waals surface area (Å²) in [5, 5.41) is 9.34. The molecule has 3 N–H and O–H groups in total. The number of nitrogen functional groups attached to an aromatic ring is 1. The molecule has 1 aromatic rings. The van der Waals surface area contributed by atoms with Gasteiger partial charge in [-0.3, -0.25) is 0 Å². The molecule has 0 aliphatic heterocycles. The van der Waals surface area contributed by atoms with Crippen molar-refractivity contribution in [3.8, 4) is 0 Å². The Balaban J connectivity index is 2.33. The van der Waals surface area contributed by atoms with Gasteiger partial charge in [-0.15, -0.1) is 11.8 Å². The Kier molecular flexibility index (Phi) is 5.91. The maximum Gasteiger partial charge on any atom is 0.0453 e. The summed E-state index contributed by atoms with van der Waals surface area (Å²) in [6, 6.07) is 5.53. The van der Waals surface area contributed by atoms with Crippen LogP contribution in [0.3, 0.4) is 0 Å². The fraction of sp³-hybridized carbons (Fsp3) is 0.455. The van der Waals surface area contributed by atoms with E-state index in [1.54, 1.807) is 17.8 Å². The molecule has 0 fully saturated rings. The smallest absolute Gasteiger partial charge is 0.0453 e. The van der Waals surface area contributed by atoms with E-state index < -0.39 is 0 Å². The van der Waals surface area contributed by atoms with Crippen molar-refractivity contribution < 1.29 is 5.11 Å². The van der Waals surface area contributed by atoms with Gasteiger partial charge in [-0.05, 0) is 36.8 Å². The zero-order chi connectivity index (χ0) is 11.1. The van der Waals surface area contributed by atoms with E-state index in [-0.39, 0.29) is 6.61 Å². The molecule has 84 valence electrons. The Morgan fingerprint density at radius 2 is 2.07 bits per heavy atom. The summed E-state index contributed by atoms with van der Waals surface area (Å²) in [5.41, 5.74) is 6.59. The first-order valence-corrected chi connectivity index (χ1v) is 6.39. The summed E-state index contributed by atoms with van der Waals surface area (Å²) >= 11 is 7.60. The lowest BCUT2D eigenvalue weighted by Crippen LogP contribution is -1.90. The number of halogens is 1. The van der Waals surface area contributed by atoms with Crippen molar-refractivity contribution in [1.29, 1.82) is 0 Å². The first-order chi connectivity index (χ1) is 7.24. The Morgan fingerprint density at radius 1 is 1.27 bits per heavy atom. The predicted octanol–water partition coefficient (Wildman–Crippen LogP) is 3.18. The van der Waals surface area contributed by atoms with Gasteiger partial charge >= 0.3 is 0 Å². The van der Waals surface area contributed by atoms with Crippen molar-refractivity contribution in [1.82, 2.24) is 0 Å². The summed E-state index contributed by atoms with van der Waals surface area (Å²) in [6.07, 6.45) is 3.03. The van der Waals surface area contributed by atoms with Crippen molar-refractivity contribution >= 4 is 29.1 Å². The molecule has 1 rings (SSSR count). The molecule has 1 aromatic carbocycles. The van der Waals surface area contributed by atoms with Crippen LogP contribution in [0.2, 0.25) is 5.02 Å². The number of hydrogen-bond donors (Lipinski definition) is 2. The minimum absolute atomic E-state index is 0.282. The van der Waals surface area contributed by atoms with Gasteiger partial charge in [0.05, 0.1) is 0 Å². The number of hydrogen-bond acceptors (Lipinski definition) is 3. The molecule has 2 nitrogen and oxygen atoms in total. The molecule has 0 unspecified atom stereocenters. The lowest BCUT2D eigenvalue weighted by molar-refractivity contribution is 0.284. The number of unbranched alkanes of at least 4 members (excludes halogenated alkanes) is 2. The molecule has 0 amide bonds. The van der Waals surface area contributed by atoms with Gasteiger partial charge in [-0.25, -0.2) is 0 Å². The van der Waals surface area contributed by atoms with Gasteiger partial charge in [-0.2, -0.15) is 0 Å². The van der Waals surface area contributed by atoms with E-state index in [0.717, 1.165) is 40.6 Å². The molecule has 0 heterocycles. The molecule has 15 heavy (non-hydrogen) atoms. The van der Waals surface area contributed by atoms with Crippen molar-refractivity contribution in [3.05, 3.63) is 23.2 Å². The monoisotopic (exact) mass is 245 g/mol. The van der Waals surface area contributed by atoms with E-state index in [1.807, 2.05) is 12.1 Å². The predicted molar refractivity (Wildman–Crippen MR) is 67.5 cm³/mol. The van der Waals surface area contributed by atoms with E-state index >= 15 is 0 Å². The normalized spacial score (nSPS) is 10.5. The van der Waals surface area contributed by atoms with Crippen LogP contribution >= 0.6 is 23.4 Å². The van der Waals surface area contributed by atoms with Gasteiger partial charge in [0.15, 0.2) is 0 Å². The summed E-state index contributed by atoms with van der Waals surface area (Å²) in [7, 11) is 0. The van der Waals surface area contributed by atoms with Gasteiger partial charge in [-0.1, -0.05) is 18.0 Å². The zero-order valence-electron chi connectivity index (χ0n) is 8.58. The van der Waals surface area contributed by atoms with Crippen LogP contribution in [0.25, 0.3) is 0 Å². The van der Waals surface area contributed by atoms with E-state index in [4.69, 9.17) is 22.4 Å². The molecule has 0 aliphatic carbocycles. The lowest BCUT2D eigenvalue weighted by atomic mass is 10.3. The summed E-state index contributed by atoms with van der Waals surface area (Å²) in [4.78, 5) is 1.05. The standard InChI is InChI=1S/C11H16ClNOS/c12-9-4-5-10(13)11(8-9)15-7-3-1-2-6-14/h4-5,8,14H,1-3,6-7,13H2. The topological polar surface area (TPSA) is 46.2 Å². The highest BCUT2D eigenvalue weighted by atomic mass is 35.5. The van der Waals surface area contributed by atoms with E-state index in [0.29, 0.717) is 0 Å². The first kappa shape index (κ1) is 12.7. The van der Waals surface area contributed by atoms with Crippen LogP contribution in [0.15, 0.2) is 23.1 Å². The molecule has 0 radical (unpaired) electrons.